The Morgan fingerprint density at radius 2 is 2.00 bits per heavy atom. The molecule has 1 amide bonds. The summed E-state index contributed by atoms with van der Waals surface area (Å²) in [5.41, 5.74) is 1.37. The van der Waals surface area contributed by atoms with Crippen LogP contribution in [-0.4, -0.2) is 31.8 Å². The van der Waals surface area contributed by atoms with Crippen molar-refractivity contribution in [2.24, 2.45) is 0 Å². The highest BCUT2D eigenvalue weighted by Crippen LogP contribution is 2.19. The lowest BCUT2D eigenvalue weighted by molar-refractivity contribution is -0.113. The number of hydrogen-bond donors (Lipinski definition) is 2. The van der Waals surface area contributed by atoms with E-state index in [1.165, 1.54) is 24.0 Å². The van der Waals surface area contributed by atoms with Crippen LogP contribution in [0.3, 0.4) is 0 Å². The zero-order valence-electron chi connectivity index (χ0n) is 11.9. The standard InChI is InChI=1S/C15H12FN5OS/c16-12-7-6-10(8-17-12)14-19-15(21-20-14)23-9-13(22)18-11-4-2-1-3-5-11/h1-8H,9H2,(H,18,22)(H,19,20,21). The van der Waals surface area contributed by atoms with Crippen LogP contribution in [0.25, 0.3) is 11.4 Å². The SMILES string of the molecule is O=C(CSc1nnc(-c2ccc(F)nc2)[nH]1)Nc1ccccc1. The lowest BCUT2D eigenvalue weighted by Crippen LogP contribution is -2.13. The van der Waals surface area contributed by atoms with Crippen molar-refractivity contribution in [3.63, 3.8) is 0 Å². The van der Waals surface area contributed by atoms with E-state index in [1.54, 1.807) is 6.07 Å². The number of carbonyl (C=O) groups is 1. The number of para-hydroxylation sites is 1. The third-order valence-electron chi connectivity index (χ3n) is 2.86. The number of aromatic amines is 1. The van der Waals surface area contributed by atoms with Crippen LogP contribution in [0.4, 0.5) is 10.1 Å². The third kappa shape index (κ3) is 4.13. The van der Waals surface area contributed by atoms with Crippen molar-refractivity contribution in [1.82, 2.24) is 20.2 Å². The normalized spacial score (nSPS) is 10.5. The average Bonchev–Trinajstić information content (AvgIpc) is 3.04. The summed E-state index contributed by atoms with van der Waals surface area (Å²) in [5, 5.41) is 11.2. The molecule has 0 aliphatic rings. The highest BCUT2D eigenvalue weighted by molar-refractivity contribution is 7.99. The second-order valence-corrected chi connectivity index (χ2v) is 5.52. The van der Waals surface area contributed by atoms with Gasteiger partial charge in [-0.1, -0.05) is 30.0 Å². The van der Waals surface area contributed by atoms with Gasteiger partial charge in [-0.25, -0.2) is 4.98 Å². The highest BCUT2D eigenvalue weighted by Gasteiger charge is 2.09. The number of carbonyl (C=O) groups excluding carboxylic acids is 1. The van der Waals surface area contributed by atoms with E-state index in [9.17, 15) is 9.18 Å². The first-order valence-corrected chi connectivity index (χ1v) is 7.71. The van der Waals surface area contributed by atoms with E-state index in [-0.39, 0.29) is 11.7 Å². The zero-order valence-corrected chi connectivity index (χ0v) is 12.7. The predicted octanol–water partition coefficient (Wildman–Crippen LogP) is 2.74. The molecule has 3 rings (SSSR count). The van der Waals surface area contributed by atoms with Gasteiger partial charge in [0.05, 0.1) is 5.75 Å². The Hall–Kier alpha value is -2.74. The summed E-state index contributed by atoms with van der Waals surface area (Å²) in [4.78, 5) is 18.4. The molecule has 0 spiro atoms. The van der Waals surface area contributed by atoms with Gasteiger partial charge in [-0.2, -0.15) is 4.39 Å². The first-order valence-electron chi connectivity index (χ1n) is 6.73. The molecule has 2 aromatic heterocycles. The van der Waals surface area contributed by atoms with Crippen molar-refractivity contribution >= 4 is 23.4 Å². The largest absolute Gasteiger partial charge is 0.325 e. The van der Waals surface area contributed by atoms with Gasteiger partial charge in [0.1, 0.15) is 0 Å². The third-order valence-corrected chi connectivity index (χ3v) is 3.73. The Bertz CT molecular complexity index is 791. The molecule has 2 N–H and O–H groups in total. The molecular formula is C15H12FN5OS. The van der Waals surface area contributed by atoms with E-state index in [0.717, 1.165) is 5.69 Å². The van der Waals surface area contributed by atoms with Crippen LogP contribution in [0.15, 0.2) is 53.8 Å². The van der Waals surface area contributed by atoms with Crippen LogP contribution >= 0.6 is 11.8 Å². The number of anilines is 1. The number of nitrogens with one attached hydrogen (secondary N) is 2. The van der Waals surface area contributed by atoms with Crippen molar-refractivity contribution in [3.8, 4) is 11.4 Å². The number of rotatable bonds is 5. The number of pyridine rings is 1. The van der Waals surface area contributed by atoms with Crippen molar-refractivity contribution < 1.29 is 9.18 Å². The summed E-state index contributed by atoms with van der Waals surface area (Å²) < 4.78 is 12.8. The van der Waals surface area contributed by atoms with Gasteiger partial charge in [0.25, 0.3) is 0 Å². The lowest BCUT2D eigenvalue weighted by atomic mass is 10.3. The molecule has 3 aromatic rings. The van der Waals surface area contributed by atoms with E-state index < -0.39 is 5.95 Å². The molecule has 0 radical (unpaired) electrons. The summed E-state index contributed by atoms with van der Waals surface area (Å²) in [6.45, 7) is 0. The van der Waals surface area contributed by atoms with Gasteiger partial charge in [-0.05, 0) is 24.3 Å². The molecule has 0 saturated heterocycles. The fourth-order valence-electron chi connectivity index (χ4n) is 1.81. The maximum absolute atomic E-state index is 12.8. The zero-order chi connectivity index (χ0) is 16.1. The van der Waals surface area contributed by atoms with Crippen LogP contribution in [0.2, 0.25) is 0 Å². The topological polar surface area (TPSA) is 83.6 Å². The van der Waals surface area contributed by atoms with Crippen LogP contribution < -0.4 is 5.32 Å². The molecule has 0 unspecified atom stereocenters. The predicted molar refractivity (Wildman–Crippen MR) is 85.4 cm³/mol. The summed E-state index contributed by atoms with van der Waals surface area (Å²) in [6, 6.07) is 12.0. The van der Waals surface area contributed by atoms with Gasteiger partial charge in [0.15, 0.2) is 11.0 Å². The van der Waals surface area contributed by atoms with Gasteiger partial charge >= 0.3 is 0 Å². The van der Waals surface area contributed by atoms with E-state index in [0.29, 0.717) is 16.5 Å². The highest BCUT2D eigenvalue weighted by atomic mass is 32.2. The number of H-pyrrole nitrogens is 1. The Labute approximate surface area is 135 Å². The van der Waals surface area contributed by atoms with Crippen LogP contribution in [-0.2, 0) is 4.79 Å². The van der Waals surface area contributed by atoms with Crippen LogP contribution in [0, 0.1) is 5.95 Å². The van der Waals surface area contributed by atoms with E-state index in [2.05, 4.69) is 25.5 Å². The maximum Gasteiger partial charge on any atom is 0.234 e. The van der Waals surface area contributed by atoms with Crippen LogP contribution in [0.5, 0.6) is 0 Å². The second-order valence-electron chi connectivity index (χ2n) is 4.55. The Morgan fingerprint density at radius 3 is 2.74 bits per heavy atom. The molecule has 0 aliphatic heterocycles. The fraction of sp³-hybridized carbons (Fsp3) is 0.0667. The number of halogens is 1. The second kappa shape index (κ2) is 7.01. The molecule has 23 heavy (non-hydrogen) atoms. The fourth-order valence-corrected chi connectivity index (χ4v) is 2.42. The number of hydrogen-bond acceptors (Lipinski definition) is 5. The monoisotopic (exact) mass is 329 g/mol. The molecule has 1 aromatic carbocycles. The van der Waals surface area contributed by atoms with Crippen molar-refractivity contribution in [2.45, 2.75) is 5.16 Å². The number of thioether (sulfide) groups is 1. The molecule has 0 aliphatic carbocycles. The molecule has 0 saturated carbocycles. The summed E-state index contributed by atoms with van der Waals surface area (Å²) in [7, 11) is 0. The molecule has 0 bridgehead atoms. The minimum Gasteiger partial charge on any atom is -0.325 e. The van der Waals surface area contributed by atoms with Crippen LogP contribution in [0.1, 0.15) is 0 Å². The molecule has 8 heteroatoms. The first-order chi connectivity index (χ1) is 11.2. The van der Waals surface area contributed by atoms with E-state index in [4.69, 9.17) is 0 Å². The lowest BCUT2D eigenvalue weighted by Gasteiger charge is -2.03. The van der Waals surface area contributed by atoms with Crippen molar-refractivity contribution in [1.29, 1.82) is 0 Å². The summed E-state index contributed by atoms with van der Waals surface area (Å²) >= 11 is 1.23. The Balaban J connectivity index is 1.57. The van der Waals surface area contributed by atoms with Gasteiger partial charge in [0, 0.05) is 17.4 Å². The summed E-state index contributed by atoms with van der Waals surface area (Å²) in [5.74, 6) is -0.0166. The molecular weight excluding hydrogens is 317 g/mol. The van der Waals surface area contributed by atoms with E-state index in [1.807, 2.05) is 30.3 Å². The Morgan fingerprint density at radius 1 is 1.17 bits per heavy atom. The molecule has 0 fully saturated rings. The van der Waals surface area contributed by atoms with E-state index >= 15 is 0 Å². The average molecular weight is 329 g/mol. The number of benzene rings is 1. The number of amides is 1. The van der Waals surface area contributed by atoms with Gasteiger partial charge < -0.3 is 10.3 Å². The quantitative estimate of drug-likeness (QED) is 0.555. The summed E-state index contributed by atoms with van der Waals surface area (Å²) in [6.07, 6.45) is 1.37. The van der Waals surface area contributed by atoms with Crippen molar-refractivity contribution in [3.05, 3.63) is 54.6 Å². The van der Waals surface area contributed by atoms with Gasteiger partial charge in [-0.3, -0.25) is 4.79 Å². The minimum absolute atomic E-state index is 0.136. The minimum atomic E-state index is -0.555. The number of aromatic nitrogens is 4. The first kappa shape index (κ1) is 15.2. The number of nitrogens with zero attached hydrogens (tertiary/aromatic N) is 3. The van der Waals surface area contributed by atoms with Crippen molar-refractivity contribution in [2.75, 3.05) is 11.1 Å². The van der Waals surface area contributed by atoms with Gasteiger partial charge in [-0.15, -0.1) is 10.2 Å². The molecule has 6 nitrogen and oxygen atoms in total. The molecule has 2 heterocycles. The smallest absolute Gasteiger partial charge is 0.234 e. The molecule has 0 atom stereocenters. The van der Waals surface area contributed by atoms with Gasteiger partial charge in [0.2, 0.25) is 11.9 Å². The maximum atomic E-state index is 12.8. The Kier molecular flexibility index (Phi) is 4.62. The molecule has 116 valence electrons.